The smallest absolute Gasteiger partial charge is 0.328 e. The van der Waals surface area contributed by atoms with Crippen molar-refractivity contribution in [2.45, 2.75) is 46.2 Å². The van der Waals surface area contributed by atoms with Gasteiger partial charge in [-0.1, -0.05) is 43.3 Å². The van der Waals surface area contributed by atoms with Crippen LogP contribution in [0.15, 0.2) is 52.0 Å². The molecule has 0 fully saturated rings. The van der Waals surface area contributed by atoms with Gasteiger partial charge in [-0.15, -0.1) is 0 Å². The molecule has 1 unspecified atom stereocenters. The van der Waals surface area contributed by atoms with Crippen molar-refractivity contribution in [2.75, 3.05) is 14.2 Å². The van der Waals surface area contributed by atoms with Crippen molar-refractivity contribution in [3.05, 3.63) is 59.5 Å². The Hall–Kier alpha value is -4.45. The van der Waals surface area contributed by atoms with Crippen LogP contribution in [0.25, 0.3) is 11.4 Å². The van der Waals surface area contributed by atoms with E-state index in [-0.39, 0.29) is 18.3 Å². The van der Waals surface area contributed by atoms with Crippen LogP contribution in [0.2, 0.25) is 0 Å². The maximum atomic E-state index is 12.1. The first-order valence-corrected chi connectivity index (χ1v) is 12.2. The van der Waals surface area contributed by atoms with Crippen molar-refractivity contribution in [1.29, 1.82) is 0 Å². The zero-order valence-electron chi connectivity index (χ0n) is 22.8. The van der Waals surface area contributed by atoms with E-state index in [1.54, 1.807) is 25.1 Å². The zero-order valence-corrected chi connectivity index (χ0v) is 22.8. The molecule has 1 amide bonds. The summed E-state index contributed by atoms with van der Waals surface area (Å²) in [5.41, 5.74) is 13.9. The minimum atomic E-state index is -1.08. The zero-order chi connectivity index (χ0) is 28.9. The molecule has 210 valence electrons. The first-order valence-electron chi connectivity index (χ1n) is 12.2. The monoisotopic (exact) mass is 540 g/mol. The predicted octanol–water partition coefficient (Wildman–Crippen LogP) is 2.68. The van der Waals surface area contributed by atoms with E-state index in [4.69, 9.17) is 30.6 Å². The minimum Gasteiger partial charge on any atom is -0.493 e. The Morgan fingerprint density at radius 3 is 2.38 bits per heavy atom. The van der Waals surface area contributed by atoms with Crippen molar-refractivity contribution in [2.24, 2.45) is 22.4 Å². The molecular weight excluding hydrogens is 504 g/mol. The summed E-state index contributed by atoms with van der Waals surface area (Å²) in [6.07, 6.45) is 0.375. The van der Waals surface area contributed by atoms with Crippen molar-refractivity contribution in [1.82, 2.24) is 15.5 Å². The Labute approximate surface area is 227 Å². The summed E-state index contributed by atoms with van der Waals surface area (Å²) in [6, 6.07) is 11.9. The molecule has 39 heavy (non-hydrogen) atoms. The SMILES string of the molecule is COc1ccc(CC(=O)NC(N)=NC(CC(C)C)C(=O)O)cc1OC.Cc1nc(-c2cccc(CN)c2)no1. The van der Waals surface area contributed by atoms with Gasteiger partial charge in [0.25, 0.3) is 0 Å². The highest BCUT2D eigenvalue weighted by Crippen LogP contribution is 2.27. The normalized spacial score (nSPS) is 11.8. The van der Waals surface area contributed by atoms with E-state index < -0.39 is 17.9 Å². The van der Waals surface area contributed by atoms with Gasteiger partial charge in [0, 0.05) is 19.0 Å². The predicted molar refractivity (Wildman–Crippen MR) is 146 cm³/mol. The standard InChI is InChI=1S/C17H25N3O5.C10H11N3O/c1-10(2)7-12(16(22)23)19-17(18)20-15(21)9-11-5-6-13(24-3)14(8-11)25-4;1-7-12-10(13-14-7)9-4-2-3-8(5-9)6-11/h5-6,8,10,12H,7,9H2,1-4H3,(H,22,23)(H3,18,19,20,21);2-5H,6,11H2,1H3. The van der Waals surface area contributed by atoms with Gasteiger partial charge in [0.2, 0.25) is 17.6 Å². The number of aromatic nitrogens is 2. The lowest BCUT2D eigenvalue weighted by molar-refractivity contribution is -0.138. The number of hydrogen-bond acceptors (Lipinski definition) is 9. The number of benzene rings is 2. The van der Waals surface area contributed by atoms with Crippen LogP contribution in [0.4, 0.5) is 0 Å². The Morgan fingerprint density at radius 2 is 1.82 bits per heavy atom. The topological polar surface area (TPSA) is 188 Å². The number of carbonyl (C=O) groups excluding carboxylic acids is 1. The summed E-state index contributed by atoms with van der Waals surface area (Å²) in [4.78, 5) is 31.3. The average molecular weight is 541 g/mol. The molecule has 12 heteroatoms. The highest BCUT2D eigenvalue weighted by atomic mass is 16.5. The summed E-state index contributed by atoms with van der Waals surface area (Å²) in [5, 5.41) is 15.4. The van der Waals surface area contributed by atoms with Gasteiger partial charge < -0.3 is 30.6 Å². The van der Waals surface area contributed by atoms with Crippen molar-refractivity contribution in [3.63, 3.8) is 0 Å². The number of nitrogens with two attached hydrogens (primary N) is 2. The number of rotatable bonds is 10. The highest BCUT2D eigenvalue weighted by molar-refractivity contribution is 5.97. The maximum Gasteiger partial charge on any atom is 0.328 e. The molecule has 12 nitrogen and oxygen atoms in total. The third-order valence-electron chi connectivity index (χ3n) is 5.30. The van der Waals surface area contributed by atoms with Crippen LogP contribution in [0.5, 0.6) is 11.5 Å². The van der Waals surface area contributed by atoms with Crippen LogP contribution in [-0.4, -0.2) is 53.3 Å². The van der Waals surface area contributed by atoms with Gasteiger partial charge in [-0.3, -0.25) is 10.1 Å². The second-order valence-corrected chi connectivity index (χ2v) is 8.95. The van der Waals surface area contributed by atoms with Gasteiger partial charge in [0.15, 0.2) is 23.5 Å². The van der Waals surface area contributed by atoms with Crippen molar-refractivity contribution < 1.29 is 28.7 Å². The summed E-state index contributed by atoms with van der Waals surface area (Å²) >= 11 is 0. The molecule has 1 aromatic heterocycles. The number of carboxylic acids is 1. The molecule has 0 spiro atoms. The number of hydrogen-bond donors (Lipinski definition) is 4. The number of aliphatic carboxylic acids is 1. The van der Waals surface area contributed by atoms with Gasteiger partial charge in [-0.25, -0.2) is 9.79 Å². The van der Waals surface area contributed by atoms with E-state index in [0.717, 1.165) is 11.1 Å². The molecule has 3 aromatic rings. The number of methoxy groups -OCH3 is 2. The summed E-state index contributed by atoms with van der Waals surface area (Å²) in [5.74, 6) is 0.700. The number of nitrogens with zero attached hydrogens (tertiary/aromatic N) is 3. The number of carbonyl (C=O) groups is 2. The maximum absolute atomic E-state index is 12.1. The van der Waals surface area contributed by atoms with E-state index in [9.17, 15) is 9.59 Å². The molecule has 0 saturated carbocycles. The van der Waals surface area contributed by atoms with E-state index in [1.165, 1.54) is 14.2 Å². The van der Waals surface area contributed by atoms with Crippen molar-refractivity contribution >= 4 is 17.8 Å². The van der Waals surface area contributed by atoms with Crippen LogP contribution in [0.3, 0.4) is 0 Å². The third-order valence-corrected chi connectivity index (χ3v) is 5.30. The Kier molecular flexibility index (Phi) is 11.9. The van der Waals surface area contributed by atoms with Crippen LogP contribution >= 0.6 is 0 Å². The Bertz CT molecular complexity index is 1270. The van der Waals surface area contributed by atoms with E-state index in [2.05, 4.69) is 20.4 Å². The first kappa shape index (κ1) is 30.8. The van der Waals surface area contributed by atoms with Gasteiger partial charge >= 0.3 is 5.97 Å². The van der Waals surface area contributed by atoms with Gasteiger partial charge in [0.05, 0.1) is 20.6 Å². The molecule has 0 bridgehead atoms. The number of aryl methyl sites for hydroxylation is 1. The van der Waals surface area contributed by atoms with Gasteiger partial charge in [-0.05, 0) is 41.7 Å². The summed E-state index contributed by atoms with van der Waals surface area (Å²) in [6.45, 7) is 6.06. The lowest BCUT2D eigenvalue weighted by atomic mass is 10.0. The molecule has 2 aromatic carbocycles. The molecule has 0 saturated heterocycles. The Balaban J connectivity index is 0.000000318. The van der Waals surface area contributed by atoms with Crippen LogP contribution in [-0.2, 0) is 22.6 Å². The third kappa shape index (κ3) is 10.1. The van der Waals surface area contributed by atoms with Gasteiger partial charge in [-0.2, -0.15) is 4.98 Å². The minimum absolute atomic E-state index is 0.0402. The number of guanidine groups is 1. The van der Waals surface area contributed by atoms with E-state index >= 15 is 0 Å². The molecule has 6 N–H and O–H groups in total. The molecule has 0 aliphatic rings. The Morgan fingerprint density at radius 1 is 1.10 bits per heavy atom. The second kappa shape index (κ2) is 15.1. The number of nitrogens with one attached hydrogen (secondary N) is 1. The molecule has 0 aliphatic heterocycles. The highest BCUT2D eigenvalue weighted by Gasteiger charge is 2.19. The molecular formula is C27H36N6O6. The fourth-order valence-corrected chi connectivity index (χ4v) is 3.47. The molecule has 0 aliphatic carbocycles. The van der Waals surface area contributed by atoms with Crippen molar-refractivity contribution in [3.8, 4) is 22.9 Å². The number of aliphatic imine (C=N–C) groups is 1. The average Bonchev–Trinajstić information content (AvgIpc) is 3.34. The van der Waals surface area contributed by atoms with Crippen LogP contribution < -0.4 is 26.3 Å². The molecule has 3 rings (SSSR count). The fraction of sp³-hybridized carbons (Fsp3) is 0.370. The quantitative estimate of drug-likeness (QED) is 0.220. The second-order valence-electron chi connectivity index (χ2n) is 8.95. The lowest BCUT2D eigenvalue weighted by Crippen LogP contribution is -2.39. The van der Waals surface area contributed by atoms with E-state index in [1.807, 2.05) is 38.1 Å². The number of amides is 1. The fourth-order valence-electron chi connectivity index (χ4n) is 3.47. The number of ether oxygens (including phenoxy) is 2. The summed E-state index contributed by atoms with van der Waals surface area (Å²) in [7, 11) is 3.03. The largest absolute Gasteiger partial charge is 0.493 e. The molecule has 0 radical (unpaired) electrons. The summed E-state index contributed by atoms with van der Waals surface area (Å²) < 4.78 is 15.2. The van der Waals surface area contributed by atoms with Crippen LogP contribution in [0.1, 0.15) is 37.3 Å². The molecule has 1 heterocycles. The molecule has 1 atom stereocenters. The first-order chi connectivity index (χ1) is 18.6. The lowest BCUT2D eigenvalue weighted by Gasteiger charge is -2.12. The number of carboxylic acid groups (broad SMARTS) is 1. The van der Waals surface area contributed by atoms with Gasteiger partial charge in [0.1, 0.15) is 0 Å². The van der Waals surface area contributed by atoms with Crippen LogP contribution in [0, 0.1) is 12.8 Å². The van der Waals surface area contributed by atoms with E-state index in [0.29, 0.717) is 41.7 Å².